The van der Waals surface area contributed by atoms with E-state index in [1.807, 2.05) is 0 Å². The molecule has 0 bridgehead atoms. The van der Waals surface area contributed by atoms with Gasteiger partial charge in [-0.25, -0.2) is 0 Å². The maximum atomic E-state index is 2.35. The predicted molar refractivity (Wildman–Crippen MR) is 131 cm³/mol. The van der Waals surface area contributed by atoms with Crippen LogP contribution < -0.4 is 0 Å². The summed E-state index contributed by atoms with van der Waals surface area (Å²) < 4.78 is 1.32. The largest absolute Gasteiger partial charge is 0.155 e. The van der Waals surface area contributed by atoms with Gasteiger partial charge in [0.25, 0.3) is 0 Å². The van der Waals surface area contributed by atoms with Gasteiger partial charge in [0, 0.05) is 47.4 Å². The predicted octanol–water partition coefficient (Wildman–Crippen LogP) is 8.10. The molecule has 0 saturated heterocycles. The molecule has 0 saturated carbocycles. The Bertz CT molecular complexity index is 297. The maximum absolute atomic E-state index is 2.35. The first kappa shape index (κ1) is 26.4. The fourth-order valence-electron chi connectivity index (χ4n) is 1.73. The molecule has 4 heteroatoms. The van der Waals surface area contributed by atoms with Gasteiger partial charge in [-0.2, -0.15) is 47.0 Å². The first-order valence-corrected chi connectivity index (χ1v) is 13.3. The molecule has 0 fully saturated rings. The zero-order valence-electron chi connectivity index (χ0n) is 19.0. The van der Waals surface area contributed by atoms with Gasteiger partial charge in [-0.3, -0.25) is 0 Å². The second-order valence-electron chi connectivity index (χ2n) is 11.1. The third-order valence-electron chi connectivity index (χ3n) is 3.25. The molecule has 0 aromatic heterocycles. The highest BCUT2D eigenvalue weighted by Crippen LogP contribution is 2.44. The van der Waals surface area contributed by atoms with Crippen molar-refractivity contribution in [1.82, 2.24) is 0 Å². The summed E-state index contributed by atoms with van der Waals surface area (Å²) in [6.45, 7) is 28.3. The third kappa shape index (κ3) is 16.1. The van der Waals surface area contributed by atoms with Crippen molar-refractivity contribution in [3.05, 3.63) is 0 Å². The molecule has 152 valence electrons. The van der Waals surface area contributed by atoms with Crippen LogP contribution in [0.4, 0.5) is 0 Å². The van der Waals surface area contributed by atoms with Crippen LogP contribution in [0.1, 0.15) is 83.1 Å². The Balaban J connectivity index is 5.41. The lowest BCUT2D eigenvalue weighted by molar-refractivity contribution is 0.505. The Hall–Kier alpha value is 1.40. The van der Waals surface area contributed by atoms with Gasteiger partial charge in [-0.1, -0.05) is 83.1 Å². The number of rotatable bonds is 8. The highest BCUT2D eigenvalue weighted by atomic mass is 32.2. The summed E-state index contributed by atoms with van der Waals surface area (Å²) in [4.78, 5) is 0. The quantitative estimate of drug-likeness (QED) is 0.386. The second-order valence-corrected chi connectivity index (χ2v) is 18.3. The molecule has 0 nitrogen and oxygen atoms in total. The van der Waals surface area contributed by atoms with Crippen LogP contribution in [-0.4, -0.2) is 42.0 Å². The lowest BCUT2D eigenvalue weighted by Crippen LogP contribution is -2.38. The first-order chi connectivity index (χ1) is 10.8. The molecule has 25 heavy (non-hydrogen) atoms. The zero-order valence-corrected chi connectivity index (χ0v) is 22.2. The SMILES string of the molecule is CC(C)(C)SCC(CSC(C)(C)C)(CSC(C)(C)C)CSC(C)(C)C. The minimum Gasteiger partial charge on any atom is -0.155 e. The monoisotopic (exact) mass is 424 g/mol. The van der Waals surface area contributed by atoms with Crippen LogP contribution in [0.5, 0.6) is 0 Å². The van der Waals surface area contributed by atoms with Gasteiger partial charge in [0.1, 0.15) is 0 Å². The van der Waals surface area contributed by atoms with Crippen molar-refractivity contribution in [2.24, 2.45) is 5.41 Å². The molecule has 0 rings (SSSR count). The molecular weight excluding hydrogens is 380 g/mol. The molecule has 0 aliphatic rings. The van der Waals surface area contributed by atoms with Gasteiger partial charge in [0.15, 0.2) is 0 Å². The summed E-state index contributed by atoms with van der Waals surface area (Å²) in [6.07, 6.45) is 0. The van der Waals surface area contributed by atoms with Crippen molar-refractivity contribution in [2.45, 2.75) is 102 Å². The Labute approximate surface area is 177 Å². The van der Waals surface area contributed by atoms with Crippen molar-refractivity contribution in [2.75, 3.05) is 23.0 Å². The van der Waals surface area contributed by atoms with E-state index >= 15 is 0 Å². The summed E-state index contributed by atoms with van der Waals surface area (Å²) in [5.41, 5.74) is 0.381. The highest BCUT2D eigenvalue weighted by molar-refractivity contribution is 8.03. The molecule has 0 aliphatic carbocycles. The minimum absolute atomic E-state index is 0.330. The smallest absolute Gasteiger partial charge is 0.00753 e. The summed E-state index contributed by atoms with van der Waals surface area (Å²) in [6, 6.07) is 0. The maximum Gasteiger partial charge on any atom is 0.00753 e. The van der Waals surface area contributed by atoms with Crippen molar-refractivity contribution < 1.29 is 0 Å². The summed E-state index contributed by atoms with van der Waals surface area (Å²) in [7, 11) is 0. The van der Waals surface area contributed by atoms with Gasteiger partial charge >= 0.3 is 0 Å². The van der Waals surface area contributed by atoms with E-state index in [9.17, 15) is 0 Å². The number of hydrogen-bond donors (Lipinski definition) is 0. The van der Waals surface area contributed by atoms with E-state index in [0.717, 1.165) is 0 Å². The van der Waals surface area contributed by atoms with E-state index in [1.54, 1.807) is 0 Å². The van der Waals surface area contributed by atoms with Gasteiger partial charge in [0.05, 0.1) is 0 Å². The van der Waals surface area contributed by atoms with Gasteiger partial charge < -0.3 is 0 Å². The number of hydrogen-bond acceptors (Lipinski definition) is 4. The molecule has 0 aliphatic heterocycles. The summed E-state index contributed by atoms with van der Waals surface area (Å²) >= 11 is 8.61. The average Bonchev–Trinajstić information content (AvgIpc) is 2.33. The van der Waals surface area contributed by atoms with E-state index in [0.29, 0.717) is 24.4 Å². The van der Waals surface area contributed by atoms with Crippen LogP contribution in [0.3, 0.4) is 0 Å². The minimum atomic E-state index is 0.330. The molecule has 0 heterocycles. The van der Waals surface area contributed by atoms with E-state index in [2.05, 4.69) is 130 Å². The van der Waals surface area contributed by atoms with Gasteiger partial charge in [-0.15, -0.1) is 0 Å². The molecule has 0 unspecified atom stereocenters. The van der Waals surface area contributed by atoms with Crippen molar-refractivity contribution in [3.63, 3.8) is 0 Å². The van der Waals surface area contributed by atoms with Crippen LogP contribution in [0.25, 0.3) is 0 Å². The van der Waals surface area contributed by atoms with Crippen molar-refractivity contribution >= 4 is 47.0 Å². The Morgan fingerprint density at radius 3 is 0.640 bits per heavy atom. The van der Waals surface area contributed by atoms with Crippen LogP contribution in [-0.2, 0) is 0 Å². The van der Waals surface area contributed by atoms with E-state index in [-0.39, 0.29) is 0 Å². The third-order valence-corrected chi connectivity index (χ3v) is 9.74. The lowest BCUT2D eigenvalue weighted by Gasteiger charge is -2.40. The second kappa shape index (κ2) is 9.74. The molecule has 0 aromatic rings. The number of thioether (sulfide) groups is 4. The standard InChI is InChI=1S/C21H44S4/c1-17(2,3)22-13-21(14-23-18(4,5)6,15-24-19(7,8)9)16-25-20(10,11)12/h13-16H2,1-12H3. The Kier molecular flexibility index (Phi) is 10.3. The molecule has 0 amide bonds. The fourth-order valence-corrected chi connectivity index (χ4v) is 6.69. The summed E-state index contributed by atoms with van der Waals surface area (Å²) in [5, 5.41) is 0. The van der Waals surface area contributed by atoms with Crippen LogP contribution in [0.15, 0.2) is 0 Å². The zero-order chi connectivity index (χ0) is 20.2. The molecule has 0 atom stereocenters. The normalized spacial score (nSPS) is 14.9. The molecular formula is C21H44S4. The van der Waals surface area contributed by atoms with Crippen LogP contribution in [0.2, 0.25) is 0 Å². The topological polar surface area (TPSA) is 0 Å². The molecule has 0 aromatic carbocycles. The Morgan fingerprint density at radius 2 is 0.520 bits per heavy atom. The Morgan fingerprint density at radius 1 is 0.360 bits per heavy atom. The van der Waals surface area contributed by atoms with E-state index < -0.39 is 0 Å². The van der Waals surface area contributed by atoms with E-state index in [1.165, 1.54) is 23.0 Å². The molecule has 0 N–H and O–H groups in total. The van der Waals surface area contributed by atoms with Crippen molar-refractivity contribution in [1.29, 1.82) is 0 Å². The highest BCUT2D eigenvalue weighted by Gasteiger charge is 2.36. The molecule has 0 radical (unpaired) electrons. The average molecular weight is 425 g/mol. The van der Waals surface area contributed by atoms with Crippen LogP contribution in [0, 0.1) is 5.41 Å². The van der Waals surface area contributed by atoms with Gasteiger partial charge in [0.2, 0.25) is 0 Å². The molecule has 0 spiro atoms. The van der Waals surface area contributed by atoms with E-state index in [4.69, 9.17) is 0 Å². The fraction of sp³-hybridized carbons (Fsp3) is 1.00. The first-order valence-electron chi connectivity index (χ1n) is 9.39. The van der Waals surface area contributed by atoms with Crippen molar-refractivity contribution in [3.8, 4) is 0 Å². The summed E-state index contributed by atoms with van der Waals surface area (Å²) in [5.74, 6) is 5.02. The van der Waals surface area contributed by atoms with Crippen LogP contribution >= 0.6 is 47.0 Å². The van der Waals surface area contributed by atoms with Gasteiger partial charge in [-0.05, 0) is 0 Å². The lowest BCUT2D eigenvalue weighted by atomic mass is 9.99.